The molecule has 2 aromatic carbocycles. The fourth-order valence-corrected chi connectivity index (χ4v) is 5.44. The van der Waals surface area contributed by atoms with Crippen LogP contribution in [0, 0.1) is 0 Å². The molecule has 2 aliphatic heterocycles. The molecule has 0 aromatic heterocycles. The maximum Gasteiger partial charge on any atom is 0.255 e. The minimum Gasteiger partial charge on any atom is -0.364 e. The number of hydrogen-bond acceptors (Lipinski definition) is 5. The van der Waals surface area contributed by atoms with Gasteiger partial charge in [-0.25, -0.2) is 0 Å². The molecule has 33 heavy (non-hydrogen) atoms. The predicted molar refractivity (Wildman–Crippen MR) is 125 cm³/mol. The predicted octanol–water partition coefficient (Wildman–Crippen LogP) is 2.72. The first-order valence-electron chi connectivity index (χ1n) is 11.8. The van der Waals surface area contributed by atoms with Gasteiger partial charge in [0.05, 0.1) is 0 Å². The molecule has 3 amide bonds. The van der Waals surface area contributed by atoms with Gasteiger partial charge in [0.25, 0.3) is 5.91 Å². The molecule has 2 aromatic rings. The number of hydrogen-bond donors (Lipinski definition) is 2. The van der Waals surface area contributed by atoms with Crippen molar-refractivity contribution in [3.63, 3.8) is 0 Å². The molecule has 2 heterocycles. The van der Waals surface area contributed by atoms with Gasteiger partial charge in [0, 0.05) is 48.4 Å². The van der Waals surface area contributed by atoms with Crippen molar-refractivity contribution in [2.45, 2.75) is 69.7 Å². The van der Waals surface area contributed by atoms with Crippen LogP contribution in [0.25, 0.3) is 0 Å². The molecule has 2 fully saturated rings. The van der Waals surface area contributed by atoms with Crippen LogP contribution in [-0.2, 0) is 22.7 Å². The van der Waals surface area contributed by atoms with Crippen molar-refractivity contribution in [1.82, 2.24) is 10.2 Å². The fraction of sp³-hybridized carbons (Fsp3) is 0.423. The average molecular weight is 447 g/mol. The molecule has 0 radical (unpaired) electrons. The lowest BCUT2D eigenvalue weighted by Gasteiger charge is -2.39. The highest BCUT2D eigenvalue weighted by molar-refractivity contribution is 6.06. The number of nitrogens with two attached hydrogens (primary N) is 1. The standard InChI is InChI=1S/C26H30N4O3/c27-18-9-11-19(12-10-18)29(15-17-5-2-1-3-6-17)22-8-4-7-20-21(22)16-30(26(20)33)23-13-14-24(31)28-25(23)32/h1-8,18-19,23H,9-16,27H2,(H,28,31,32). The van der Waals surface area contributed by atoms with Crippen molar-refractivity contribution in [1.29, 1.82) is 0 Å². The zero-order chi connectivity index (χ0) is 22.9. The summed E-state index contributed by atoms with van der Waals surface area (Å²) in [5.41, 5.74) is 10.1. The number of carbonyl (C=O) groups excluding carboxylic acids is 3. The van der Waals surface area contributed by atoms with Gasteiger partial charge in [-0.05, 0) is 49.8 Å². The summed E-state index contributed by atoms with van der Waals surface area (Å²) in [6.45, 7) is 1.14. The van der Waals surface area contributed by atoms with Crippen molar-refractivity contribution in [3.8, 4) is 0 Å². The number of anilines is 1. The Morgan fingerprint density at radius 3 is 2.42 bits per heavy atom. The maximum absolute atomic E-state index is 13.3. The van der Waals surface area contributed by atoms with Gasteiger partial charge >= 0.3 is 0 Å². The number of nitrogens with zero attached hydrogens (tertiary/aromatic N) is 2. The summed E-state index contributed by atoms with van der Waals surface area (Å²) < 4.78 is 0. The molecule has 172 valence electrons. The third kappa shape index (κ3) is 4.25. The van der Waals surface area contributed by atoms with E-state index < -0.39 is 6.04 Å². The summed E-state index contributed by atoms with van der Waals surface area (Å²) in [7, 11) is 0. The molecule has 3 N–H and O–H groups in total. The molecule has 0 bridgehead atoms. The summed E-state index contributed by atoms with van der Waals surface area (Å²) >= 11 is 0. The number of piperidine rings is 1. The van der Waals surface area contributed by atoms with E-state index in [0.717, 1.165) is 43.5 Å². The average Bonchev–Trinajstić information content (AvgIpc) is 3.15. The van der Waals surface area contributed by atoms with E-state index in [4.69, 9.17) is 5.73 Å². The van der Waals surface area contributed by atoms with Crippen molar-refractivity contribution in [3.05, 3.63) is 65.2 Å². The van der Waals surface area contributed by atoms with E-state index in [1.807, 2.05) is 30.3 Å². The Labute approximate surface area is 193 Å². The van der Waals surface area contributed by atoms with Crippen LogP contribution in [0.3, 0.4) is 0 Å². The van der Waals surface area contributed by atoms with Crippen molar-refractivity contribution in [2.75, 3.05) is 4.90 Å². The number of amides is 3. The van der Waals surface area contributed by atoms with Gasteiger partial charge in [-0.15, -0.1) is 0 Å². The summed E-state index contributed by atoms with van der Waals surface area (Å²) in [6, 6.07) is 16.3. The van der Waals surface area contributed by atoms with Gasteiger partial charge in [0.1, 0.15) is 6.04 Å². The molecule has 7 heteroatoms. The smallest absolute Gasteiger partial charge is 0.255 e. The molecule has 7 nitrogen and oxygen atoms in total. The van der Waals surface area contributed by atoms with E-state index in [9.17, 15) is 14.4 Å². The first-order chi connectivity index (χ1) is 16.0. The number of nitrogens with one attached hydrogen (secondary N) is 1. The Hall–Kier alpha value is -3.19. The van der Waals surface area contributed by atoms with Gasteiger partial charge < -0.3 is 15.5 Å². The largest absolute Gasteiger partial charge is 0.364 e. The highest BCUT2D eigenvalue weighted by Crippen LogP contribution is 2.37. The van der Waals surface area contributed by atoms with Gasteiger partial charge in [-0.3, -0.25) is 19.7 Å². The van der Waals surface area contributed by atoms with Crippen LogP contribution >= 0.6 is 0 Å². The lowest BCUT2D eigenvalue weighted by molar-refractivity contribution is -0.136. The molecule has 1 aliphatic carbocycles. The molecule has 0 spiro atoms. The second-order valence-corrected chi connectivity index (χ2v) is 9.39. The monoisotopic (exact) mass is 446 g/mol. The highest BCUT2D eigenvalue weighted by atomic mass is 16.2. The van der Waals surface area contributed by atoms with Crippen LogP contribution in [0.1, 0.15) is 60.0 Å². The number of rotatable bonds is 5. The van der Waals surface area contributed by atoms with E-state index >= 15 is 0 Å². The van der Waals surface area contributed by atoms with Gasteiger partial charge in [-0.1, -0.05) is 36.4 Å². The SMILES string of the molecule is NC1CCC(N(Cc2ccccc2)c2cccc3c2CN(C2CCC(=O)NC2=O)C3=O)CC1. The number of fused-ring (bicyclic) bond motifs is 1. The van der Waals surface area contributed by atoms with Crippen LogP contribution < -0.4 is 16.0 Å². The Morgan fingerprint density at radius 1 is 0.939 bits per heavy atom. The van der Waals surface area contributed by atoms with E-state index in [1.165, 1.54) is 5.56 Å². The fourth-order valence-electron chi connectivity index (χ4n) is 5.44. The first-order valence-corrected chi connectivity index (χ1v) is 11.8. The molecule has 1 saturated carbocycles. The Bertz CT molecular complexity index is 1060. The number of benzene rings is 2. The second kappa shape index (κ2) is 8.98. The molecule has 1 unspecified atom stereocenters. The Kier molecular flexibility index (Phi) is 5.89. The second-order valence-electron chi connectivity index (χ2n) is 9.39. The first kappa shape index (κ1) is 21.6. The van der Waals surface area contributed by atoms with Crippen molar-refractivity contribution < 1.29 is 14.4 Å². The normalized spacial score (nSPS) is 25.1. The number of imide groups is 1. The van der Waals surface area contributed by atoms with Crippen LogP contribution in [0.4, 0.5) is 5.69 Å². The third-order valence-electron chi connectivity index (χ3n) is 7.24. The van der Waals surface area contributed by atoms with Gasteiger partial charge in [0.2, 0.25) is 11.8 Å². The third-order valence-corrected chi connectivity index (χ3v) is 7.24. The molecule has 1 saturated heterocycles. The minimum atomic E-state index is -0.606. The van der Waals surface area contributed by atoms with Crippen LogP contribution in [0.5, 0.6) is 0 Å². The Balaban J connectivity index is 1.47. The maximum atomic E-state index is 13.3. The molecule has 3 aliphatic rings. The van der Waals surface area contributed by atoms with E-state index in [0.29, 0.717) is 24.6 Å². The summed E-state index contributed by atoms with van der Waals surface area (Å²) in [5.74, 6) is -0.784. The molecular weight excluding hydrogens is 416 g/mol. The quantitative estimate of drug-likeness (QED) is 0.689. The van der Waals surface area contributed by atoms with Crippen molar-refractivity contribution in [2.24, 2.45) is 5.73 Å². The summed E-state index contributed by atoms with van der Waals surface area (Å²) in [5, 5.41) is 2.39. The number of carbonyl (C=O) groups is 3. The zero-order valence-electron chi connectivity index (χ0n) is 18.7. The Morgan fingerprint density at radius 2 is 1.70 bits per heavy atom. The highest BCUT2D eigenvalue weighted by Gasteiger charge is 2.40. The minimum absolute atomic E-state index is 0.133. The molecular formula is C26H30N4O3. The molecule has 5 rings (SSSR count). The zero-order valence-corrected chi connectivity index (χ0v) is 18.7. The van der Waals surface area contributed by atoms with E-state index in [-0.39, 0.29) is 30.2 Å². The van der Waals surface area contributed by atoms with Gasteiger partial charge in [-0.2, -0.15) is 0 Å². The lowest BCUT2D eigenvalue weighted by Crippen LogP contribution is -2.52. The van der Waals surface area contributed by atoms with Crippen LogP contribution in [-0.4, -0.2) is 40.7 Å². The van der Waals surface area contributed by atoms with Crippen molar-refractivity contribution >= 4 is 23.4 Å². The molecule has 1 atom stereocenters. The van der Waals surface area contributed by atoms with E-state index in [1.54, 1.807) is 4.90 Å². The topological polar surface area (TPSA) is 95.7 Å². The lowest BCUT2D eigenvalue weighted by atomic mass is 9.89. The van der Waals surface area contributed by atoms with Crippen LogP contribution in [0.2, 0.25) is 0 Å². The summed E-state index contributed by atoms with van der Waals surface area (Å²) in [4.78, 5) is 41.4. The van der Waals surface area contributed by atoms with Crippen LogP contribution in [0.15, 0.2) is 48.5 Å². The summed E-state index contributed by atoms with van der Waals surface area (Å²) in [6.07, 6.45) is 4.64. The van der Waals surface area contributed by atoms with Gasteiger partial charge in [0.15, 0.2) is 0 Å². The van der Waals surface area contributed by atoms with E-state index in [2.05, 4.69) is 28.4 Å².